The van der Waals surface area contributed by atoms with Crippen LogP contribution in [-0.2, 0) is 31.3 Å². The molecule has 0 saturated carbocycles. The molecule has 3 aromatic carbocycles. The summed E-state index contributed by atoms with van der Waals surface area (Å²) in [6.45, 7) is 1.40. The number of hydrogen-bond donors (Lipinski definition) is 0. The van der Waals surface area contributed by atoms with Crippen molar-refractivity contribution in [3.05, 3.63) is 119 Å². The zero-order valence-electron chi connectivity index (χ0n) is 18.1. The molecule has 6 nitrogen and oxygen atoms in total. The average Bonchev–Trinajstić information content (AvgIpc) is 3.53. The average molecular weight is 431 g/mol. The third-order valence-corrected chi connectivity index (χ3v) is 6.99. The van der Waals surface area contributed by atoms with Gasteiger partial charge in [-0.3, -0.25) is 0 Å². The Balaban J connectivity index is 1.45. The fourth-order valence-corrected chi connectivity index (χ4v) is 5.67. The Kier molecular flexibility index (Phi) is 3.91. The van der Waals surface area contributed by atoms with E-state index in [-0.39, 0.29) is 5.41 Å². The van der Waals surface area contributed by atoms with E-state index in [1.165, 1.54) is 33.4 Å². The van der Waals surface area contributed by atoms with Gasteiger partial charge in [-0.25, -0.2) is 9.36 Å². The van der Waals surface area contributed by atoms with E-state index in [2.05, 4.69) is 106 Å². The van der Waals surface area contributed by atoms with E-state index in [0.717, 1.165) is 24.2 Å². The van der Waals surface area contributed by atoms with E-state index in [1.54, 1.807) is 0 Å². The second kappa shape index (κ2) is 6.97. The lowest BCUT2D eigenvalue weighted by molar-refractivity contribution is 0.506. The Morgan fingerprint density at radius 2 is 1.12 bits per heavy atom. The molecule has 6 bridgehead atoms. The molecule has 0 atom stereocenters. The van der Waals surface area contributed by atoms with E-state index in [1.807, 2.05) is 9.36 Å². The number of nitrogens with zero attached hydrogens (tertiary/aromatic N) is 6. The molecule has 0 fully saturated rings. The van der Waals surface area contributed by atoms with Gasteiger partial charge in [-0.15, -0.1) is 10.2 Å². The molecule has 0 radical (unpaired) electrons. The highest BCUT2D eigenvalue weighted by Crippen LogP contribution is 2.51. The monoisotopic (exact) mass is 430 g/mol. The van der Waals surface area contributed by atoms with Crippen LogP contribution in [0.4, 0.5) is 0 Å². The summed E-state index contributed by atoms with van der Waals surface area (Å²) in [6.07, 6.45) is 5.71. The number of hydrogen-bond acceptors (Lipinski definition) is 4. The lowest BCUT2D eigenvalue weighted by atomic mass is 9.71. The molecule has 1 aliphatic carbocycles. The maximum atomic E-state index is 4.60. The van der Waals surface area contributed by atoms with Gasteiger partial charge in [0.2, 0.25) is 0 Å². The maximum absolute atomic E-state index is 4.60. The first-order chi connectivity index (χ1) is 16.3. The van der Waals surface area contributed by atoms with Gasteiger partial charge in [-0.2, -0.15) is 0 Å². The Morgan fingerprint density at radius 3 is 1.67 bits per heavy atom. The highest BCUT2D eigenvalue weighted by atomic mass is 15.4. The van der Waals surface area contributed by atoms with E-state index in [4.69, 9.17) is 0 Å². The van der Waals surface area contributed by atoms with E-state index >= 15 is 0 Å². The number of aromatic nitrogens is 6. The van der Waals surface area contributed by atoms with Gasteiger partial charge >= 0.3 is 0 Å². The van der Waals surface area contributed by atoms with Crippen LogP contribution >= 0.6 is 0 Å². The first-order valence-corrected chi connectivity index (χ1v) is 11.3. The normalized spacial score (nSPS) is 15.6. The SMILES string of the molecule is c1cc2cc(c1)Cn1cc(nn1)CC1(Cc3cn(nn3)C2)c2ccccc2-c2ccccc21. The summed E-state index contributed by atoms with van der Waals surface area (Å²) in [5.74, 6) is 0. The van der Waals surface area contributed by atoms with E-state index in [0.29, 0.717) is 13.1 Å². The molecule has 7 rings (SSSR count). The molecule has 0 amide bonds. The smallest absolute Gasteiger partial charge is 0.0839 e. The van der Waals surface area contributed by atoms with Crippen LogP contribution in [0, 0.1) is 0 Å². The third-order valence-electron chi connectivity index (χ3n) is 6.99. The van der Waals surface area contributed by atoms with Crippen molar-refractivity contribution in [2.75, 3.05) is 0 Å². The Morgan fingerprint density at radius 1 is 0.606 bits per heavy atom. The standard InChI is InChI=1S/C27H22N6/c1-3-10-25-23(8-1)24-9-2-4-11-26(24)27(25)13-21-17-32(30-28-21)15-19-6-5-7-20(12-19)16-33-18-22(14-27)29-31-33/h1-12,17-18H,13-16H2. The van der Waals surface area contributed by atoms with Gasteiger partial charge in [0.05, 0.1) is 24.5 Å². The fourth-order valence-electron chi connectivity index (χ4n) is 5.67. The molecular formula is C27H22N6. The summed E-state index contributed by atoms with van der Waals surface area (Å²) in [5, 5.41) is 18.2. The van der Waals surface area contributed by atoms with Gasteiger partial charge in [0.15, 0.2) is 0 Å². The first kappa shape index (κ1) is 18.5. The molecule has 6 heteroatoms. The first-order valence-electron chi connectivity index (χ1n) is 11.3. The zero-order valence-corrected chi connectivity index (χ0v) is 18.1. The Labute approximate surface area is 191 Å². The maximum Gasteiger partial charge on any atom is 0.0839 e. The number of benzene rings is 3. The third kappa shape index (κ3) is 2.94. The highest BCUT2D eigenvalue weighted by Gasteiger charge is 2.44. The minimum atomic E-state index is -0.270. The summed E-state index contributed by atoms with van der Waals surface area (Å²) in [4.78, 5) is 0. The molecule has 1 spiro atoms. The molecule has 2 aliphatic rings. The number of fused-ring (bicyclic) bond motifs is 11. The second-order valence-electron chi connectivity index (χ2n) is 9.16. The summed E-state index contributed by atoms with van der Waals surface area (Å²) in [6, 6.07) is 26.1. The van der Waals surface area contributed by atoms with Gasteiger partial charge < -0.3 is 0 Å². The molecule has 2 aromatic heterocycles. The van der Waals surface area contributed by atoms with Crippen LogP contribution in [0.15, 0.2) is 85.2 Å². The molecule has 160 valence electrons. The largest absolute Gasteiger partial charge is 0.248 e. The van der Waals surface area contributed by atoms with Crippen molar-refractivity contribution in [3.63, 3.8) is 0 Å². The molecular weight excluding hydrogens is 408 g/mol. The second-order valence-corrected chi connectivity index (χ2v) is 9.16. The van der Waals surface area contributed by atoms with Crippen LogP contribution in [0.5, 0.6) is 0 Å². The van der Waals surface area contributed by atoms with Crippen molar-refractivity contribution in [2.45, 2.75) is 31.3 Å². The predicted octanol–water partition coefficient (Wildman–Crippen LogP) is 4.03. The van der Waals surface area contributed by atoms with Gasteiger partial charge in [0, 0.05) is 30.7 Å². The van der Waals surface area contributed by atoms with Crippen molar-refractivity contribution < 1.29 is 0 Å². The van der Waals surface area contributed by atoms with Crippen LogP contribution in [-0.4, -0.2) is 30.0 Å². The Hall–Kier alpha value is -4.06. The van der Waals surface area contributed by atoms with Crippen LogP contribution < -0.4 is 0 Å². The fraction of sp³-hybridized carbons (Fsp3) is 0.185. The van der Waals surface area contributed by atoms with Gasteiger partial charge in [0.25, 0.3) is 0 Å². The van der Waals surface area contributed by atoms with Crippen LogP contribution in [0.3, 0.4) is 0 Å². The van der Waals surface area contributed by atoms with E-state index in [9.17, 15) is 0 Å². The van der Waals surface area contributed by atoms with Crippen molar-refractivity contribution >= 4 is 0 Å². The Bertz CT molecular complexity index is 1380. The van der Waals surface area contributed by atoms with Gasteiger partial charge in [-0.1, -0.05) is 83.2 Å². The molecule has 0 unspecified atom stereocenters. The molecule has 0 N–H and O–H groups in total. The minimum absolute atomic E-state index is 0.270. The van der Waals surface area contributed by atoms with Crippen molar-refractivity contribution in [3.8, 4) is 11.1 Å². The lowest BCUT2D eigenvalue weighted by Crippen LogP contribution is -2.31. The molecule has 5 aromatic rings. The summed E-state index contributed by atoms with van der Waals surface area (Å²) >= 11 is 0. The number of rotatable bonds is 0. The van der Waals surface area contributed by atoms with Crippen LogP contribution in [0.2, 0.25) is 0 Å². The van der Waals surface area contributed by atoms with Crippen LogP contribution in [0.1, 0.15) is 33.6 Å². The zero-order chi connectivity index (χ0) is 21.8. The van der Waals surface area contributed by atoms with Gasteiger partial charge in [0.1, 0.15) is 0 Å². The quantitative estimate of drug-likeness (QED) is 0.372. The summed E-state index contributed by atoms with van der Waals surface area (Å²) in [7, 11) is 0. The highest BCUT2D eigenvalue weighted by molar-refractivity contribution is 5.81. The van der Waals surface area contributed by atoms with E-state index < -0.39 is 0 Å². The topological polar surface area (TPSA) is 61.4 Å². The molecule has 33 heavy (non-hydrogen) atoms. The molecule has 1 aliphatic heterocycles. The van der Waals surface area contributed by atoms with Crippen LogP contribution in [0.25, 0.3) is 11.1 Å². The van der Waals surface area contributed by atoms with Crippen molar-refractivity contribution in [2.24, 2.45) is 0 Å². The predicted molar refractivity (Wildman–Crippen MR) is 125 cm³/mol. The molecule has 3 heterocycles. The van der Waals surface area contributed by atoms with Crippen molar-refractivity contribution in [1.82, 2.24) is 30.0 Å². The van der Waals surface area contributed by atoms with Crippen molar-refractivity contribution in [1.29, 1.82) is 0 Å². The lowest BCUT2D eigenvalue weighted by Gasteiger charge is -2.31. The van der Waals surface area contributed by atoms with Gasteiger partial charge in [-0.05, 0) is 33.4 Å². The summed E-state index contributed by atoms with van der Waals surface area (Å²) in [5.41, 5.74) is 9.35. The minimum Gasteiger partial charge on any atom is -0.248 e. The molecule has 0 saturated heterocycles. The summed E-state index contributed by atoms with van der Waals surface area (Å²) < 4.78 is 3.90.